The summed E-state index contributed by atoms with van der Waals surface area (Å²) in [6, 6.07) is 11.2. The van der Waals surface area contributed by atoms with Crippen molar-refractivity contribution in [2.45, 2.75) is 12.3 Å². The summed E-state index contributed by atoms with van der Waals surface area (Å²) in [6.07, 6.45) is 2.27. The van der Waals surface area contributed by atoms with Gasteiger partial charge in [0.2, 0.25) is 0 Å². The van der Waals surface area contributed by atoms with E-state index in [0.717, 1.165) is 11.3 Å². The molecule has 2 aromatic rings. The van der Waals surface area contributed by atoms with Crippen LogP contribution in [0.15, 0.2) is 42.6 Å². The molecule has 0 radical (unpaired) electrons. The van der Waals surface area contributed by atoms with Gasteiger partial charge in [0, 0.05) is 11.8 Å². The van der Waals surface area contributed by atoms with E-state index in [4.69, 9.17) is 9.47 Å². The zero-order chi connectivity index (χ0) is 13.9. The number of pyridine rings is 1. The van der Waals surface area contributed by atoms with Gasteiger partial charge in [0.05, 0.1) is 19.6 Å². The van der Waals surface area contributed by atoms with E-state index in [2.05, 4.69) is 4.98 Å². The molecule has 0 fully saturated rings. The molecule has 0 aliphatic carbocycles. The van der Waals surface area contributed by atoms with Crippen LogP contribution in [-0.4, -0.2) is 24.5 Å². The molecule has 1 unspecified atom stereocenters. The van der Waals surface area contributed by atoms with Crippen molar-refractivity contribution >= 4 is 5.78 Å². The van der Waals surface area contributed by atoms with Gasteiger partial charge in [-0.2, -0.15) is 0 Å². The maximum atomic E-state index is 12.7. The van der Waals surface area contributed by atoms with Gasteiger partial charge in [-0.1, -0.05) is 18.2 Å². The molecule has 0 bridgehead atoms. The molecule has 0 saturated carbocycles. The summed E-state index contributed by atoms with van der Waals surface area (Å²) in [5.41, 5.74) is 1.31. The molecule has 2 heterocycles. The van der Waals surface area contributed by atoms with Crippen LogP contribution < -0.4 is 9.47 Å². The second kappa shape index (κ2) is 5.33. The topological polar surface area (TPSA) is 48.4 Å². The smallest absolute Gasteiger partial charge is 0.192 e. The van der Waals surface area contributed by atoms with Crippen LogP contribution in [0.1, 0.15) is 28.4 Å². The SMILES string of the molecule is COc1cccnc1C(=O)C1CCOc2ccccc21. The fourth-order valence-electron chi connectivity index (χ4n) is 2.52. The lowest BCUT2D eigenvalue weighted by atomic mass is 9.87. The lowest BCUT2D eigenvalue weighted by molar-refractivity contribution is 0.0924. The number of benzene rings is 1. The van der Waals surface area contributed by atoms with Crippen molar-refractivity contribution in [3.63, 3.8) is 0 Å². The molecule has 0 N–H and O–H groups in total. The van der Waals surface area contributed by atoms with Crippen LogP contribution in [0.3, 0.4) is 0 Å². The Labute approximate surface area is 117 Å². The molecular formula is C16H15NO3. The molecule has 20 heavy (non-hydrogen) atoms. The third kappa shape index (κ3) is 2.13. The summed E-state index contributed by atoms with van der Waals surface area (Å²) >= 11 is 0. The second-order valence-electron chi connectivity index (χ2n) is 4.65. The third-order valence-corrected chi connectivity index (χ3v) is 3.50. The number of para-hydroxylation sites is 1. The van der Waals surface area contributed by atoms with E-state index < -0.39 is 0 Å². The van der Waals surface area contributed by atoms with E-state index in [9.17, 15) is 4.79 Å². The molecule has 0 saturated heterocycles. The number of aromatic nitrogens is 1. The standard InChI is InChI=1S/C16H15NO3/c1-19-14-7-4-9-17-15(14)16(18)12-8-10-20-13-6-3-2-5-11(12)13/h2-7,9,12H,8,10H2,1H3. The fraction of sp³-hybridized carbons (Fsp3) is 0.250. The van der Waals surface area contributed by atoms with E-state index in [0.29, 0.717) is 24.5 Å². The van der Waals surface area contributed by atoms with E-state index >= 15 is 0 Å². The first-order chi connectivity index (χ1) is 9.81. The minimum atomic E-state index is -0.219. The van der Waals surface area contributed by atoms with Crippen molar-refractivity contribution in [1.29, 1.82) is 0 Å². The zero-order valence-electron chi connectivity index (χ0n) is 11.2. The number of hydrogen-bond donors (Lipinski definition) is 0. The lowest BCUT2D eigenvalue weighted by Gasteiger charge is -2.24. The first-order valence-corrected chi connectivity index (χ1v) is 6.56. The highest BCUT2D eigenvalue weighted by atomic mass is 16.5. The Kier molecular flexibility index (Phi) is 3.37. The monoisotopic (exact) mass is 269 g/mol. The fourth-order valence-corrected chi connectivity index (χ4v) is 2.52. The van der Waals surface area contributed by atoms with Gasteiger partial charge in [-0.05, 0) is 24.6 Å². The largest absolute Gasteiger partial charge is 0.494 e. The van der Waals surface area contributed by atoms with E-state index in [1.165, 1.54) is 0 Å². The molecule has 0 spiro atoms. The number of carbonyl (C=O) groups excluding carboxylic acids is 1. The van der Waals surface area contributed by atoms with Crippen molar-refractivity contribution in [3.8, 4) is 11.5 Å². The molecule has 4 heteroatoms. The lowest BCUT2D eigenvalue weighted by Crippen LogP contribution is -2.22. The first kappa shape index (κ1) is 12.7. The summed E-state index contributed by atoms with van der Waals surface area (Å²) in [6.45, 7) is 0.544. The Morgan fingerprint density at radius 3 is 3.00 bits per heavy atom. The molecule has 1 aromatic heterocycles. The Hall–Kier alpha value is -2.36. The molecule has 1 atom stereocenters. The Morgan fingerprint density at radius 2 is 2.15 bits per heavy atom. The number of fused-ring (bicyclic) bond motifs is 1. The van der Waals surface area contributed by atoms with E-state index in [1.807, 2.05) is 24.3 Å². The van der Waals surface area contributed by atoms with Crippen molar-refractivity contribution in [2.24, 2.45) is 0 Å². The van der Waals surface area contributed by atoms with Gasteiger partial charge in [-0.25, -0.2) is 4.98 Å². The number of rotatable bonds is 3. The van der Waals surface area contributed by atoms with Crippen LogP contribution in [0.5, 0.6) is 11.5 Å². The quantitative estimate of drug-likeness (QED) is 0.804. The van der Waals surface area contributed by atoms with Gasteiger partial charge in [-0.15, -0.1) is 0 Å². The molecule has 102 valence electrons. The van der Waals surface area contributed by atoms with Crippen LogP contribution in [-0.2, 0) is 0 Å². The Bertz CT molecular complexity index is 639. The number of ketones is 1. The maximum Gasteiger partial charge on any atom is 0.192 e. The molecule has 4 nitrogen and oxygen atoms in total. The van der Waals surface area contributed by atoms with Gasteiger partial charge >= 0.3 is 0 Å². The van der Waals surface area contributed by atoms with Crippen molar-refractivity contribution < 1.29 is 14.3 Å². The number of methoxy groups -OCH3 is 1. The summed E-state index contributed by atoms with van der Waals surface area (Å²) in [4.78, 5) is 16.9. The normalized spacial score (nSPS) is 16.9. The third-order valence-electron chi connectivity index (χ3n) is 3.50. The van der Waals surface area contributed by atoms with E-state index in [1.54, 1.807) is 25.4 Å². The van der Waals surface area contributed by atoms with Gasteiger partial charge in [-0.3, -0.25) is 4.79 Å². The number of Topliss-reactive ketones (excluding diaryl/α,β-unsaturated/α-hetero) is 1. The summed E-state index contributed by atoms with van der Waals surface area (Å²) in [7, 11) is 1.55. The van der Waals surface area contributed by atoms with Crippen LogP contribution in [0.25, 0.3) is 0 Å². The Morgan fingerprint density at radius 1 is 1.30 bits per heavy atom. The second-order valence-corrected chi connectivity index (χ2v) is 4.65. The molecule has 3 rings (SSSR count). The summed E-state index contributed by atoms with van der Waals surface area (Å²) < 4.78 is 10.8. The van der Waals surface area contributed by atoms with Crippen LogP contribution >= 0.6 is 0 Å². The van der Waals surface area contributed by atoms with Gasteiger partial charge < -0.3 is 9.47 Å². The van der Waals surface area contributed by atoms with Crippen LogP contribution in [0, 0.1) is 0 Å². The van der Waals surface area contributed by atoms with Crippen molar-refractivity contribution in [1.82, 2.24) is 4.98 Å². The summed E-state index contributed by atoms with van der Waals surface area (Å²) in [5, 5.41) is 0. The van der Waals surface area contributed by atoms with Crippen LogP contribution in [0.4, 0.5) is 0 Å². The van der Waals surface area contributed by atoms with E-state index in [-0.39, 0.29) is 11.7 Å². The van der Waals surface area contributed by atoms with Crippen molar-refractivity contribution in [3.05, 3.63) is 53.9 Å². The zero-order valence-corrected chi connectivity index (χ0v) is 11.2. The number of hydrogen-bond acceptors (Lipinski definition) is 4. The summed E-state index contributed by atoms with van der Waals surface area (Å²) in [5.74, 6) is 1.07. The molecule has 1 aromatic carbocycles. The highest BCUT2D eigenvalue weighted by Crippen LogP contribution is 2.36. The van der Waals surface area contributed by atoms with Crippen molar-refractivity contribution in [2.75, 3.05) is 13.7 Å². The number of carbonyl (C=O) groups is 1. The molecule has 1 aliphatic heterocycles. The maximum absolute atomic E-state index is 12.7. The van der Waals surface area contributed by atoms with Gasteiger partial charge in [0.25, 0.3) is 0 Å². The number of ether oxygens (including phenoxy) is 2. The average Bonchev–Trinajstić information content (AvgIpc) is 2.53. The molecule has 1 aliphatic rings. The first-order valence-electron chi connectivity index (χ1n) is 6.56. The average molecular weight is 269 g/mol. The molecular weight excluding hydrogens is 254 g/mol. The predicted molar refractivity (Wildman–Crippen MR) is 74.4 cm³/mol. The van der Waals surface area contributed by atoms with Crippen LogP contribution in [0.2, 0.25) is 0 Å². The minimum absolute atomic E-state index is 0.0156. The Balaban J connectivity index is 2.00. The van der Waals surface area contributed by atoms with Gasteiger partial charge in [0.15, 0.2) is 5.78 Å². The predicted octanol–water partition coefficient (Wildman–Crippen LogP) is 2.84. The molecule has 0 amide bonds. The van der Waals surface area contributed by atoms with Gasteiger partial charge in [0.1, 0.15) is 17.2 Å². The number of nitrogens with zero attached hydrogens (tertiary/aromatic N) is 1. The highest BCUT2D eigenvalue weighted by molar-refractivity contribution is 6.02. The highest BCUT2D eigenvalue weighted by Gasteiger charge is 2.30. The minimum Gasteiger partial charge on any atom is -0.494 e.